The molecule has 1 aliphatic heterocycles. The van der Waals surface area contributed by atoms with Crippen molar-refractivity contribution in [3.05, 3.63) is 29.3 Å². The van der Waals surface area contributed by atoms with Crippen molar-refractivity contribution in [3.8, 4) is 5.75 Å². The highest BCUT2D eigenvalue weighted by Gasteiger charge is 2.29. The largest absolute Gasteiger partial charge is 0.478 e. The number of esters is 1. The second-order valence-corrected chi connectivity index (χ2v) is 4.28. The number of hydrogen-bond donors (Lipinski definition) is 1. The van der Waals surface area contributed by atoms with Crippen LogP contribution in [0.4, 0.5) is 0 Å². The van der Waals surface area contributed by atoms with E-state index < -0.39 is 12.2 Å². The van der Waals surface area contributed by atoms with Gasteiger partial charge in [0.05, 0.1) is 12.7 Å². The van der Waals surface area contributed by atoms with Crippen LogP contribution in [-0.2, 0) is 9.53 Å². The van der Waals surface area contributed by atoms with Gasteiger partial charge in [0.2, 0.25) is 0 Å². The van der Waals surface area contributed by atoms with E-state index in [4.69, 9.17) is 9.47 Å². The Kier molecular flexibility index (Phi) is 3.33. The maximum absolute atomic E-state index is 11.3. The molecule has 17 heavy (non-hydrogen) atoms. The third kappa shape index (κ3) is 2.58. The summed E-state index contributed by atoms with van der Waals surface area (Å²) in [5, 5.41) is 9.67. The molecule has 1 N–H and O–H groups in total. The lowest BCUT2D eigenvalue weighted by atomic mass is 10.1. The summed E-state index contributed by atoms with van der Waals surface area (Å²) in [5.41, 5.74) is 1.74. The molecule has 2 rings (SSSR count). The van der Waals surface area contributed by atoms with Gasteiger partial charge in [-0.25, -0.2) is 4.79 Å². The van der Waals surface area contributed by atoms with Crippen molar-refractivity contribution in [2.75, 3.05) is 6.61 Å². The molecule has 0 radical (unpaired) electrons. The molecule has 1 unspecified atom stereocenters. The van der Waals surface area contributed by atoms with Gasteiger partial charge in [-0.1, -0.05) is 11.6 Å². The molecule has 4 heteroatoms. The minimum Gasteiger partial charge on any atom is -0.478 e. The number of carbonyl (C=O) groups is 1. The fraction of sp³-hybridized carbons (Fsp3) is 0.462. The summed E-state index contributed by atoms with van der Waals surface area (Å²) in [6.07, 6.45) is -0.607. The number of cyclic esters (lactones) is 1. The number of rotatable bonds is 3. The fourth-order valence-corrected chi connectivity index (χ4v) is 1.84. The van der Waals surface area contributed by atoms with Gasteiger partial charge in [0.15, 0.2) is 6.10 Å². The molecule has 0 amide bonds. The lowest BCUT2D eigenvalue weighted by molar-refractivity contribution is -0.143. The van der Waals surface area contributed by atoms with Gasteiger partial charge < -0.3 is 14.6 Å². The Morgan fingerprint density at radius 2 is 2.29 bits per heavy atom. The first-order chi connectivity index (χ1) is 8.08. The van der Waals surface area contributed by atoms with E-state index in [1.807, 2.05) is 19.1 Å². The van der Waals surface area contributed by atoms with Crippen LogP contribution in [0.1, 0.15) is 30.6 Å². The van der Waals surface area contributed by atoms with Crippen LogP contribution in [0.15, 0.2) is 18.2 Å². The number of aliphatic hydroxyl groups excluding tert-OH is 1. The zero-order chi connectivity index (χ0) is 12.4. The van der Waals surface area contributed by atoms with Gasteiger partial charge in [0, 0.05) is 12.0 Å². The van der Waals surface area contributed by atoms with E-state index in [0.29, 0.717) is 24.3 Å². The maximum Gasteiger partial charge on any atom is 0.347 e. The number of carbonyl (C=O) groups excluding carboxylic acids is 1. The summed E-state index contributed by atoms with van der Waals surface area (Å²) < 4.78 is 10.4. The van der Waals surface area contributed by atoms with Crippen LogP contribution in [0.5, 0.6) is 5.75 Å². The van der Waals surface area contributed by atoms with E-state index in [0.717, 1.165) is 5.56 Å². The smallest absolute Gasteiger partial charge is 0.347 e. The second kappa shape index (κ2) is 4.75. The monoisotopic (exact) mass is 236 g/mol. The maximum atomic E-state index is 11.3. The van der Waals surface area contributed by atoms with Gasteiger partial charge >= 0.3 is 5.97 Å². The summed E-state index contributed by atoms with van der Waals surface area (Å²) >= 11 is 0. The molecule has 2 atom stereocenters. The van der Waals surface area contributed by atoms with E-state index in [2.05, 4.69) is 0 Å². The van der Waals surface area contributed by atoms with Crippen molar-refractivity contribution in [3.63, 3.8) is 0 Å². The summed E-state index contributed by atoms with van der Waals surface area (Å²) in [6.45, 7) is 4.02. The van der Waals surface area contributed by atoms with Crippen molar-refractivity contribution in [2.45, 2.75) is 32.5 Å². The fourth-order valence-electron chi connectivity index (χ4n) is 1.84. The first kappa shape index (κ1) is 11.9. The van der Waals surface area contributed by atoms with Crippen LogP contribution in [0.2, 0.25) is 0 Å². The molecule has 1 saturated heterocycles. The molecular weight excluding hydrogens is 220 g/mol. The molecule has 0 spiro atoms. The summed E-state index contributed by atoms with van der Waals surface area (Å²) in [5.74, 6) is 0.219. The Morgan fingerprint density at radius 3 is 2.88 bits per heavy atom. The van der Waals surface area contributed by atoms with Crippen LogP contribution < -0.4 is 4.74 Å². The van der Waals surface area contributed by atoms with Crippen molar-refractivity contribution in [2.24, 2.45) is 0 Å². The Labute approximate surface area is 100 Å². The Morgan fingerprint density at radius 1 is 1.53 bits per heavy atom. The normalized spacial score (nSPS) is 21.1. The number of ether oxygens (including phenoxy) is 2. The van der Waals surface area contributed by atoms with Gasteiger partial charge in [-0.2, -0.15) is 0 Å². The SMILES string of the molecule is Cc1ccc(OC2CCOC2=O)c([C@@H](C)O)c1. The van der Waals surface area contributed by atoms with Crippen LogP contribution in [0, 0.1) is 6.92 Å². The van der Waals surface area contributed by atoms with Crippen molar-refractivity contribution >= 4 is 5.97 Å². The molecule has 1 aliphatic rings. The van der Waals surface area contributed by atoms with E-state index >= 15 is 0 Å². The second-order valence-electron chi connectivity index (χ2n) is 4.28. The third-order valence-corrected chi connectivity index (χ3v) is 2.77. The summed E-state index contributed by atoms with van der Waals surface area (Å²) in [7, 11) is 0. The van der Waals surface area contributed by atoms with Crippen LogP contribution in [0.25, 0.3) is 0 Å². The molecule has 1 heterocycles. The first-order valence-electron chi connectivity index (χ1n) is 5.70. The molecule has 0 aliphatic carbocycles. The predicted molar refractivity (Wildman–Crippen MR) is 61.8 cm³/mol. The van der Waals surface area contributed by atoms with Crippen molar-refractivity contribution in [1.82, 2.24) is 0 Å². The number of benzene rings is 1. The molecular formula is C13H16O4. The molecule has 0 saturated carbocycles. The van der Waals surface area contributed by atoms with Crippen LogP contribution in [0.3, 0.4) is 0 Å². The summed E-state index contributed by atoms with van der Waals surface area (Å²) in [4.78, 5) is 11.3. The molecule has 0 bridgehead atoms. The Balaban J connectivity index is 2.22. The molecule has 1 aromatic rings. The highest BCUT2D eigenvalue weighted by Crippen LogP contribution is 2.28. The van der Waals surface area contributed by atoms with Gasteiger partial charge in [0.1, 0.15) is 5.75 Å². The van der Waals surface area contributed by atoms with Crippen molar-refractivity contribution in [1.29, 1.82) is 0 Å². The van der Waals surface area contributed by atoms with Gasteiger partial charge in [-0.05, 0) is 26.0 Å². The van der Waals surface area contributed by atoms with Crippen LogP contribution >= 0.6 is 0 Å². The third-order valence-electron chi connectivity index (χ3n) is 2.77. The standard InChI is InChI=1S/C13H16O4/c1-8-3-4-11(10(7-8)9(2)14)17-12-5-6-16-13(12)15/h3-4,7,9,12,14H,5-6H2,1-2H3/t9-,12?/m1/s1. The average Bonchev–Trinajstić information content (AvgIpc) is 2.67. The number of aliphatic hydroxyl groups is 1. The zero-order valence-electron chi connectivity index (χ0n) is 9.97. The molecule has 92 valence electrons. The summed E-state index contributed by atoms with van der Waals surface area (Å²) in [6, 6.07) is 5.53. The average molecular weight is 236 g/mol. The Hall–Kier alpha value is -1.55. The lowest BCUT2D eigenvalue weighted by Gasteiger charge is -2.16. The van der Waals surface area contributed by atoms with Gasteiger partial charge in [-0.15, -0.1) is 0 Å². The lowest BCUT2D eigenvalue weighted by Crippen LogP contribution is -2.22. The van der Waals surface area contributed by atoms with E-state index in [9.17, 15) is 9.90 Å². The minimum atomic E-state index is -0.623. The van der Waals surface area contributed by atoms with Gasteiger partial charge in [0.25, 0.3) is 0 Å². The highest BCUT2D eigenvalue weighted by atomic mass is 16.6. The quantitative estimate of drug-likeness (QED) is 0.812. The highest BCUT2D eigenvalue weighted by molar-refractivity contribution is 5.76. The van der Waals surface area contributed by atoms with Crippen LogP contribution in [-0.4, -0.2) is 23.8 Å². The molecule has 0 aromatic heterocycles. The molecule has 4 nitrogen and oxygen atoms in total. The van der Waals surface area contributed by atoms with E-state index in [1.54, 1.807) is 13.0 Å². The van der Waals surface area contributed by atoms with Gasteiger partial charge in [-0.3, -0.25) is 0 Å². The number of aryl methyl sites for hydroxylation is 1. The van der Waals surface area contributed by atoms with Crippen molar-refractivity contribution < 1.29 is 19.4 Å². The van der Waals surface area contributed by atoms with E-state index in [1.165, 1.54) is 0 Å². The zero-order valence-corrected chi connectivity index (χ0v) is 9.97. The Bertz CT molecular complexity index is 425. The number of hydrogen-bond acceptors (Lipinski definition) is 4. The molecule has 1 fully saturated rings. The topological polar surface area (TPSA) is 55.8 Å². The first-order valence-corrected chi connectivity index (χ1v) is 5.70. The predicted octanol–water partition coefficient (Wildman–Crippen LogP) is 1.74. The minimum absolute atomic E-state index is 0.331. The van der Waals surface area contributed by atoms with E-state index in [-0.39, 0.29) is 5.97 Å². The molecule has 1 aromatic carbocycles.